The van der Waals surface area contributed by atoms with Crippen LogP contribution in [0, 0.1) is 13.8 Å². The SMILES string of the molecule is Cc1nn(CC(F)(F)F)c(C)c1C(C)C(=O)N(C)CC(C)(C)O. The topological polar surface area (TPSA) is 58.4 Å². The molecule has 0 radical (unpaired) electrons. The van der Waals surface area contributed by atoms with Gasteiger partial charge in [-0.25, -0.2) is 0 Å². The second kappa shape index (κ2) is 6.51. The second-order valence-corrected chi connectivity index (χ2v) is 6.59. The molecule has 5 nitrogen and oxygen atoms in total. The predicted molar refractivity (Wildman–Crippen MR) is 80.1 cm³/mol. The molecule has 1 atom stereocenters. The first-order chi connectivity index (χ1) is 10.2. The summed E-state index contributed by atoms with van der Waals surface area (Å²) < 4.78 is 38.6. The van der Waals surface area contributed by atoms with Crippen molar-refractivity contribution in [2.24, 2.45) is 0 Å². The van der Waals surface area contributed by atoms with E-state index in [1.807, 2.05) is 0 Å². The smallest absolute Gasteiger partial charge is 0.389 e. The normalized spacial score (nSPS) is 14.0. The molecule has 0 aliphatic carbocycles. The van der Waals surface area contributed by atoms with Gasteiger partial charge in [-0.15, -0.1) is 0 Å². The molecule has 1 aromatic rings. The molecular weight excluding hydrogens is 311 g/mol. The molecule has 0 saturated carbocycles. The van der Waals surface area contributed by atoms with Gasteiger partial charge in [-0.3, -0.25) is 9.48 Å². The van der Waals surface area contributed by atoms with Crippen LogP contribution in [0.15, 0.2) is 0 Å². The molecule has 1 aromatic heterocycles. The van der Waals surface area contributed by atoms with E-state index in [2.05, 4.69) is 5.10 Å². The summed E-state index contributed by atoms with van der Waals surface area (Å²) in [6, 6.07) is 0. The zero-order valence-electron chi connectivity index (χ0n) is 14.3. The molecule has 1 heterocycles. The molecule has 1 N–H and O–H groups in total. The Morgan fingerprint density at radius 3 is 2.30 bits per heavy atom. The van der Waals surface area contributed by atoms with Crippen LogP contribution in [-0.4, -0.2) is 51.1 Å². The van der Waals surface area contributed by atoms with Crippen LogP contribution >= 0.6 is 0 Å². The lowest BCUT2D eigenvalue weighted by molar-refractivity contribution is -0.143. The highest BCUT2D eigenvalue weighted by molar-refractivity contribution is 5.83. The van der Waals surface area contributed by atoms with Crippen molar-refractivity contribution in [1.82, 2.24) is 14.7 Å². The van der Waals surface area contributed by atoms with E-state index in [0.29, 0.717) is 17.0 Å². The Morgan fingerprint density at radius 2 is 1.87 bits per heavy atom. The molecule has 132 valence electrons. The number of hydrogen-bond acceptors (Lipinski definition) is 3. The van der Waals surface area contributed by atoms with Crippen molar-refractivity contribution in [2.75, 3.05) is 13.6 Å². The fourth-order valence-corrected chi connectivity index (χ4v) is 2.77. The highest BCUT2D eigenvalue weighted by Gasteiger charge is 2.32. The Labute approximate surface area is 134 Å². The minimum absolute atomic E-state index is 0.130. The van der Waals surface area contributed by atoms with E-state index in [1.54, 1.807) is 34.7 Å². The number of alkyl halides is 3. The maximum absolute atomic E-state index is 12.6. The summed E-state index contributed by atoms with van der Waals surface area (Å²) in [4.78, 5) is 13.9. The largest absolute Gasteiger partial charge is 0.408 e. The van der Waals surface area contributed by atoms with Gasteiger partial charge in [0.25, 0.3) is 0 Å². The van der Waals surface area contributed by atoms with E-state index >= 15 is 0 Å². The van der Waals surface area contributed by atoms with Crippen LogP contribution < -0.4 is 0 Å². The zero-order valence-corrected chi connectivity index (χ0v) is 14.3. The van der Waals surface area contributed by atoms with Crippen LogP contribution in [0.5, 0.6) is 0 Å². The molecule has 1 amide bonds. The predicted octanol–water partition coefficient (Wildman–Crippen LogP) is 2.40. The lowest BCUT2D eigenvalue weighted by Crippen LogP contribution is -2.41. The van der Waals surface area contributed by atoms with Crippen LogP contribution in [0.3, 0.4) is 0 Å². The summed E-state index contributed by atoms with van der Waals surface area (Å²) in [7, 11) is 1.56. The van der Waals surface area contributed by atoms with Crippen molar-refractivity contribution in [3.8, 4) is 0 Å². The number of likely N-dealkylation sites (N-methyl/N-ethyl adjacent to an activating group) is 1. The summed E-state index contributed by atoms with van der Waals surface area (Å²) in [5.74, 6) is -0.908. The third-order valence-electron chi connectivity index (χ3n) is 3.57. The second-order valence-electron chi connectivity index (χ2n) is 6.59. The lowest BCUT2D eigenvalue weighted by Gasteiger charge is -2.28. The van der Waals surface area contributed by atoms with Crippen molar-refractivity contribution in [2.45, 2.75) is 58.9 Å². The van der Waals surface area contributed by atoms with Crippen molar-refractivity contribution >= 4 is 5.91 Å². The number of carbonyl (C=O) groups is 1. The minimum atomic E-state index is -4.37. The first kappa shape index (κ1) is 19.5. The lowest BCUT2D eigenvalue weighted by atomic mass is 9.97. The van der Waals surface area contributed by atoms with Gasteiger partial charge in [0.2, 0.25) is 5.91 Å². The Bertz CT molecular complexity index is 574. The van der Waals surface area contributed by atoms with Crippen molar-refractivity contribution in [3.05, 3.63) is 17.0 Å². The molecule has 8 heteroatoms. The molecule has 0 spiro atoms. The summed E-state index contributed by atoms with van der Waals surface area (Å²) in [5, 5.41) is 13.7. The Hall–Kier alpha value is -1.57. The van der Waals surface area contributed by atoms with Crippen LogP contribution in [0.25, 0.3) is 0 Å². The fourth-order valence-electron chi connectivity index (χ4n) is 2.77. The Morgan fingerprint density at radius 1 is 1.35 bits per heavy atom. The number of carbonyl (C=O) groups excluding carboxylic acids is 1. The van der Waals surface area contributed by atoms with Crippen LogP contribution in [0.2, 0.25) is 0 Å². The molecule has 1 rings (SSSR count). The molecular formula is C15H24F3N3O2. The van der Waals surface area contributed by atoms with E-state index in [1.165, 1.54) is 11.8 Å². The molecule has 0 fully saturated rings. The van der Waals surface area contributed by atoms with Crippen molar-refractivity contribution in [3.63, 3.8) is 0 Å². The van der Waals surface area contributed by atoms with Crippen LogP contribution in [0.1, 0.15) is 43.6 Å². The van der Waals surface area contributed by atoms with Gasteiger partial charge in [-0.05, 0) is 34.6 Å². The maximum atomic E-state index is 12.6. The Kier molecular flexibility index (Phi) is 5.51. The molecule has 0 aromatic carbocycles. The number of nitrogens with zero attached hydrogens (tertiary/aromatic N) is 3. The summed E-state index contributed by atoms with van der Waals surface area (Å²) >= 11 is 0. The van der Waals surface area contributed by atoms with Gasteiger partial charge in [0.05, 0.1) is 17.2 Å². The summed E-state index contributed by atoms with van der Waals surface area (Å²) in [6.45, 7) is 6.87. The molecule has 0 aliphatic rings. The Balaban J connectivity index is 3.04. The van der Waals surface area contributed by atoms with Crippen LogP contribution in [-0.2, 0) is 11.3 Å². The fraction of sp³-hybridized carbons (Fsp3) is 0.733. The average molecular weight is 335 g/mol. The first-order valence-electron chi connectivity index (χ1n) is 7.31. The van der Waals surface area contributed by atoms with Crippen LogP contribution in [0.4, 0.5) is 13.2 Å². The van der Waals surface area contributed by atoms with Gasteiger partial charge in [0.1, 0.15) is 6.54 Å². The average Bonchev–Trinajstić information content (AvgIpc) is 2.58. The standard InChI is InChI=1S/C15H24F3N3O2/c1-9(13(22)20(6)7-14(4,5)23)12-10(2)19-21(11(12)3)8-15(16,17)18/h9,23H,7-8H2,1-6H3. The van der Waals surface area contributed by atoms with E-state index in [-0.39, 0.29) is 12.5 Å². The number of halogens is 3. The van der Waals surface area contributed by atoms with Gasteiger partial charge >= 0.3 is 6.18 Å². The van der Waals surface area contributed by atoms with Gasteiger partial charge in [-0.1, -0.05) is 0 Å². The maximum Gasteiger partial charge on any atom is 0.408 e. The van der Waals surface area contributed by atoms with E-state index in [0.717, 1.165) is 4.68 Å². The van der Waals surface area contributed by atoms with E-state index in [9.17, 15) is 23.1 Å². The molecule has 1 unspecified atom stereocenters. The molecule has 0 bridgehead atoms. The number of aliphatic hydroxyl groups is 1. The molecule has 0 saturated heterocycles. The van der Waals surface area contributed by atoms with E-state index in [4.69, 9.17) is 0 Å². The molecule has 23 heavy (non-hydrogen) atoms. The third-order valence-corrected chi connectivity index (χ3v) is 3.57. The van der Waals surface area contributed by atoms with Gasteiger partial charge < -0.3 is 10.0 Å². The number of aromatic nitrogens is 2. The number of amides is 1. The van der Waals surface area contributed by atoms with Crippen molar-refractivity contribution < 1.29 is 23.1 Å². The van der Waals surface area contributed by atoms with Gasteiger partial charge in [0, 0.05) is 24.8 Å². The minimum Gasteiger partial charge on any atom is -0.389 e. The summed E-state index contributed by atoms with van der Waals surface area (Å²) in [5.41, 5.74) is 0.192. The first-order valence-corrected chi connectivity index (χ1v) is 7.31. The number of aryl methyl sites for hydroxylation is 1. The quantitative estimate of drug-likeness (QED) is 0.899. The number of hydrogen-bond donors (Lipinski definition) is 1. The highest BCUT2D eigenvalue weighted by atomic mass is 19.4. The number of rotatable bonds is 5. The summed E-state index contributed by atoms with van der Waals surface area (Å²) in [6.07, 6.45) is -4.37. The monoisotopic (exact) mass is 335 g/mol. The highest BCUT2D eigenvalue weighted by Crippen LogP contribution is 2.27. The van der Waals surface area contributed by atoms with Crippen molar-refractivity contribution in [1.29, 1.82) is 0 Å². The molecule has 0 aliphatic heterocycles. The van der Waals surface area contributed by atoms with Gasteiger partial charge in [-0.2, -0.15) is 18.3 Å². The third kappa shape index (κ3) is 5.23. The zero-order chi connectivity index (χ0) is 18.2. The van der Waals surface area contributed by atoms with E-state index < -0.39 is 24.2 Å². The van der Waals surface area contributed by atoms with Gasteiger partial charge in [0.15, 0.2) is 0 Å².